The maximum absolute atomic E-state index is 12.8. The molecule has 0 unspecified atom stereocenters. The Morgan fingerprint density at radius 3 is 2.52 bits per heavy atom. The summed E-state index contributed by atoms with van der Waals surface area (Å²) in [5, 5.41) is 6.76. The molecule has 8 heteroatoms. The second-order valence-electron chi connectivity index (χ2n) is 5.62. The van der Waals surface area contributed by atoms with Crippen molar-refractivity contribution in [2.24, 2.45) is 0 Å². The van der Waals surface area contributed by atoms with Crippen LogP contribution in [0.2, 0.25) is 0 Å². The van der Waals surface area contributed by atoms with Gasteiger partial charge in [0, 0.05) is 12.1 Å². The molecule has 0 aliphatic carbocycles. The summed E-state index contributed by atoms with van der Waals surface area (Å²) in [6.07, 6.45) is 0.572. The molecule has 0 aliphatic rings. The number of carbonyl (C=O) groups excluding carboxylic acids is 2. The lowest BCUT2D eigenvalue weighted by atomic mass is 10.3. The molecule has 1 heterocycles. The van der Waals surface area contributed by atoms with Crippen molar-refractivity contribution >= 4 is 17.7 Å². The van der Waals surface area contributed by atoms with E-state index in [1.807, 2.05) is 13.8 Å². The quantitative estimate of drug-likeness (QED) is 0.777. The fourth-order valence-electron chi connectivity index (χ4n) is 2.01. The molecule has 25 heavy (non-hydrogen) atoms. The van der Waals surface area contributed by atoms with Gasteiger partial charge in [-0.15, -0.1) is 0 Å². The highest BCUT2D eigenvalue weighted by Crippen LogP contribution is 2.14. The number of ether oxygens (including phenoxy) is 2. The first-order chi connectivity index (χ1) is 11.9. The molecule has 7 nitrogen and oxygen atoms in total. The minimum absolute atomic E-state index is 0.0762. The minimum Gasteiger partial charge on any atom is -0.482 e. The zero-order valence-electron chi connectivity index (χ0n) is 14.2. The number of amides is 1. The van der Waals surface area contributed by atoms with Crippen molar-refractivity contribution in [3.05, 3.63) is 42.3 Å². The first kappa shape index (κ1) is 18.4. The molecular formula is C17H20FN3O4. The molecule has 0 bridgehead atoms. The molecule has 134 valence electrons. The molecule has 0 spiro atoms. The van der Waals surface area contributed by atoms with Gasteiger partial charge in [-0.25, -0.2) is 13.9 Å². The summed E-state index contributed by atoms with van der Waals surface area (Å²) in [7, 11) is 0. The number of nitrogens with zero attached hydrogens (tertiary/aromatic N) is 2. The SMILES string of the molecule is CC(C)n1nccc1NC(=O)[C@@H](C)OC(=O)COc1ccc(F)cc1. The van der Waals surface area contributed by atoms with Gasteiger partial charge in [0.05, 0.1) is 6.20 Å². The van der Waals surface area contributed by atoms with E-state index in [2.05, 4.69) is 10.4 Å². The first-order valence-corrected chi connectivity index (χ1v) is 7.79. The Morgan fingerprint density at radius 1 is 1.20 bits per heavy atom. The van der Waals surface area contributed by atoms with Crippen molar-refractivity contribution < 1.29 is 23.5 Å². The van der Waals surface area contributed by atoms with E-state index in [-0.39, 0.29) is 12.6 Å². The van der Waals surface area contributed by atoms with Gasteiger partial charge in [0.1, 0.15) is 17.4 Å². The summed E-state index contributed by atoms with van der Waals surface area (Å²) in [5.41, 5.74) is 0. The number of rotatable bonds is 7. The molecule has 0 saturated carbocycles. The summed E-state index contributed by atoms with van der Waals surface area (Å²) >= 11 is 0. The van der Waals surface area contributed by atoms with Gasteiger partial charge in [-0.05, 0) is 45.0 Å². The normalized spacial score (nSPS) is 11.9. The summed E-state index contributed by atoms with van der Waals surface area (Å²) in [6, 6.07) is 6.96. The second kappa shape index (κ2) is 8.27. The van der Waals surface area contributed by atoms with Crippen LogP contribution in [0, 0.1) is 5.82 Å². The molecule has 0 fully saturated rings. The van der Waals surface area contributed by atoms with Crippen molar-refractivity contribution in [3.63, 3.8) is 0 Å². The van der Waals surface area contributed by atoms with Gasteiger partial charge < -0.3 is 14.8 Å². The number of halogens is 1. The number of nitrogens with one attached hydrogen (secondary N) is 1. The summed E-state index contributed by atoms with van der Waals surface area (Å²) in [6.45, 7) is 4.94. The van der Waals surface area contributed by atoms with Gasteiger partial charge in [0.2, 0.25) is 0 Å². The van der Waals surface area contributed by atoms with Crippen LogP contribution in [0.15, 0.2) is 36.5 Å². The molecule has 1 aromatic carbocycles. The molecule has 2 aromatic rings. The molecule has 0 radical (unpaired) electrons. The number of benzene rings is 1. The maximum Gasteiger partial charge on any atom is 0.344 e. The molecule has 1 atom stereocenters. The van der Waals surface area contributed by atoms with E-state index < -0.39 is 23.8 Å². The van der Waals surface area contributed by atoms with E-state index in [0.29, 0.717) is 11.6 Å². The Hall–Kier alpha value is -2.90. The zero-order chi connectivity index (χ0) is 18.4. The Kier molecular flexibility index (Phi) is 6.10. The van der Waals surface area contributed by atoms with Crippen molar-refractivity contribution in [1.82, 2.24) is 9.78 Å². The average Bonchev–Trinajstić information content (AvgIpc) is 3.02. The van der Waals surface area contributed by atoms with E-state index in [0.717, 1.165) is 0 Å². The topological polar surface area (TPSA) is 82.5 Å². The van der Waals surface area contributed by atoms with Gasteiger partial charge in [0.25, 0.3) is 5.91 Å². The summed E-state index contributed by atoms with van der Waals surface area (Å²) in [4.78, 5) is 23.9. The fraction of sp³-hybridized carbons (Fsp3) is 0.353. The summed E-state index contributed by atoms with van der Waals surface area (Å²) < 4.78 is 24.6. The van der Waals surface area contributed by atoms with E-state index >= 15 is 0 Å². The van der Waals surface area contributed by atoms with Crippen LogP contribution in [-0.4, -0.2) is 34.4 Å². The second-order valence-corrected chi connectivity index (χ2v) is 5.62. The third-order valence-corrected chi connectivity index (χ3v) is 3.26. The smallest absolute Gasteiger partial charge is 0.344 e. The number of aromatic nitrogens is 2. The number of carbonyl (C=O) groups is 2. The van der Waals surface area contributed by atoms with E-state index in [4.69, 9.17) is 9.47 Å². The first-order valence-electron chi connectivity index (χ1n) is 7.79. The van der Waals surface area contributed by atoms with Crippen LogP contribution >= 0.6 is 0 Å². The molecule has 1 N–H and O–H groups in total. The molecule has 1 amide bonds. The number of esters is 1. The van der Waals surface area contributed by atoms with E-state index in [1.165, 1.54) is 31.2 Å². The predicted molar refractivity (Wildman–Crippen MR) is 88.7 cm³/mol. The lowest BCUT2D eigenvalue weighted by molar-refractivity contribution is -0.155. The van der Waals surface area contributed by atoms with Crippen molar-refractivity contribution in [3.8, 4) is 5.75 Å². The molecule has 0 aliphatic heterocycles. The molecular weight excluding hydrogens is 329 g/mol. The lowest BCUT2D eigenvalue weighted by Crippen LogP contribution is -2.32. The van der Waals surface area contributed by atoms with Crippen molar-refractivity contribution in [1.29, 1.82) is 0 Å². The van der Waals surface area contributed by atoms with Crippen molar-refractivity contribution in [2.45, 2.75) is 32.9 Å². The standard InChI is InChI=1S/C17H20FN3O4/c1-11(2)21-15(8-9-19-21)20-17(23)12(3)25-16(22)10-24-14-6-4-13(18)5-7-14/h4-9,11-12H,10H2,1-3H3,(H,20,23)/t12-/m1/s1. The zero-order valence-corrected chi connectivity index (χ0v) is 14.2. The monoisotopic (exact) mass is 349 g/mol. The van der Waals surface area contributed by atoms with Gasteiger partial charge in [0.15, 0.2) is 12.7 Å². The highest BCUT2D eigenvalue weighted by Gasteiger charge is 2.20. The third-order valence-electron chi connectivity index (χ3n) is 3.26. The van der Waals surface area contributed by atoms with Gasteiger partial charge >= 0.3 is 5.97 Å². The highest BCUT2D eigenvalue weighted by molar-refractivity contribution is 5.94. The van der Waals surface area contributed by atoms with Crippen LogP contribution in [-0.2, 0) is 14.3 Å². The molecule has 1 aromatic heterocycles. The minimum atomic E-state index is -1.00. The molecule has 2 rings (SSSR count). The van der Waals surface area contributed by atoms with Gasteiger partial charge in [-0.3, -0.25) is 4.79 Å². The average molecular weight is 349 g/mol. The number of hydrogen-bond acceptors (Lipinski definition) is 5. The Bertz CT molecular complexity index is 728. The van der Waals surface area contributed by atoms with E-state index in [9.17, 15) is 14.0 Å². The Balaban J connectivity index is 1.82. The number of hydrogen-bond donors (Lipinski definition) is 1. The fourth-order valence-corrected chi connectivity index (χ4v) is 2.01. The van der Waals surface area contributed by atoms with Crippen LogP contribution in [0.4, 0.5) is 10.2 Å². The van der Waals surface area contributed by atoms with Crippen LogP contribution in [0.3, 0.4) is 0 Å². The third kappa shape index (κ3) is 5.30. The largest absolute Gasteiger partial charge is 0.482 e. The Morgan fingerprint density at radius 2 is 1.88 bits per heavy atom. The van der Waals surface area contributed by atoms with Gasteiger partial charge in [-0.1, -0.05) is 0 Å². The lowest BCUT2D eigenvalue weighted by Gasteiger charge is -2.16. The van der Waals surface area contributed by atoms with Crippen LogP contribution in [0.5, 0.6) is 5.75 Å². The van der Waals surface area contributed by atoms with Crippen LogP contribution in [0.1, 0.15) is 26.8 Å². The van der Waals surface area contributed by atoms with Crippen LogP contribution < -0.4 is 10.1 Å². The van der Waals surface area contributed by atoms with E-state index in [1.54, 1.807) is 16.9 Å². The van der Waals surface area contributed by atoms with Crippen LogP contribution in [0.25, 0.3) is 0 Å². The highest BCUT2D eigenvalue weighted by atomic mass is 19.1. The van der Waals surface area contributed by atoms with Gasteiger partial charge in [-0.2, -0.15) is 5.10 Å². The Labute approximate surface area is 144 Å². The number of anilines is 1. The predicted octanol–water partition coefficient (Wildman–Crippen LogP) is 2.55. The molecule has 0 saturated heterocycles. The van der Waals surface area contributed by atoms with Crippen molar-refractivity contribution in [2.75, 3.05) is 11.9 Å². The summed E-state index contributed by atoms with van der Waals surface area (Å²) in [5.74, 6) is -0.732. The maximum atomic E-state index is 12.8.